The van der Waals surface area contributed by atoms with Crippen LogP contribution in [-0.4, -0.2) is 65.7 Å². The summed E-state index contributed by atoms with van der Waals surface area (Å²) in [4.78, 5) is 17.3. The molecule has 1 aliphatic heterocycles. The molecule has 1 heterocycles. The molecule has 1 saturated carbocycles. The number of carbonyl (C=O) groups is 1. The van der Waals surface area contributed by atoms with E-state index in [9.17, 15) is 9.90 Å². The van der Waals surface area contributed by atoms with Crippen LogP contribution in [0.1, 0.15) is 51.0 Å². The first kappa shape index (κ1) is 21.3. The molecule has 1 aliphatic carbocycles. The number of nitrogens with one attached hydrogen (secondary N) is 1. The van der Waals surface area contributed by atoms with Crippen molar-refractivity contribution >= 4 is 5.91 Å². The number of hydrogen-bond acceptors (Lipinski definition) is 4. The van der Waals surface area contributed by atoms with Gasteiger partial charge >= 0.3 is 0 Å². The number of hydrogen-bond donors (Lipinski definition) is 2. The van der Waals surface area contributed by atoms with Crippen LogP contribution in [0.15, 0.2) is 30.3 Å². The average molecular weight is 388 g/mol. The molecule has 2 aliphatic rings. The highest BCUT2D eigenvalue weighted by atomic mass is 16.3. The monoisotopic (exact) mass is 387 g/mol. The maximum atomic E-state index is 12.7. The van der Waals surface area contributed by atoms with Crippen LogP contribution >= 0.6 is 0 Å². The summed E-state index contributed by atoms with van der Waals surface area (Å²) >= 11 is 0. The predicted molar refractivity (Wildman–Crippen MR) is 113 cm³/mol. The Bertz CT molecular complexity index is 601. The molecule has 3 atom stereocenters. The second-order valence-corrected chi connectivity index (χ2v) is 8.77. The number of nitrogens with zero attached hydrogens (tertiary/aromatic N) is 2. The first-order valence-electron chi connectivity index (χ1n) is 11.0. The largest absolute Gasteiger partial charge is 0.393 e. The Morgan fingerprint density at radius 2 is 1.86 bits per heavy atom. The summed E-state index contributed by atoms with van der Waals surface area (Å²) in [5.41, 5.74) is 1.35. The van der Waals surface area contributed by atoms with Gasteiger partial charge in [-0.05, 0) is 51.1 Å². The van der Waals surface area contributed by atoms with E-state index in [1.807, 2.05) is 14.0 Å². The van der Waals surface area contributed by atoms with E-state index in [1.165, 1.54) is 12.0 Å². The summed E-state index contributed by atoms with van der Waals surface area (Å²) in [6.07, 6.45) is 6.10. The smallest absolute Gasteiger partial charge is 0.237 e. The van der Waals surface area contributed by atoms with Gasteiger partial charge in [-0.1, -0.05) is 43.2 Å². The Balaban J connectivity index is 1.39. The quantitative estimate of drug-likeness (QED) is 0.755. The van der Waals surface area contributed by atoms with E-state index < -0.39 is 0 Å². The van der Waals surface area contributed by atoms with Crippen LogP contribution in [0.25, 0.3) is 0 Å². The molecule has 1 saturated heterocycles. The Kier molecular flexibility index (Phi) is 7.89. The van der Waals surface area contributed by atoms with E-state index in [0.29, 0.717) is 5.92 Å². The zero-order valence-corrected chi connectivity index (χ0v) is 17.5. The molecule has 0 aromatic heterocycles. The number of likely N-dealkylation sites (tertiary alicyclic amines) is 1. The number of piperidine rings is 1. The number of benzene rings is 1. The SMILES string of the molecule is C[C@H](C(=O)NC1CCN(Cc2ccccc2)CC1)N(C)C[C@@H]1CCCC[C@H]1O. The van der Waals surface area contributed by atoms with Gasteiger partial charge in [0.15, 0.2) is 0 Å². The van der Waals surface area contributed by atoms with Crippen molar-refractivity contribution in [3.8, 4) is 0 Å². The Hall–Kier alpha value is -1.43. The lowest BCUT2D eigenvalue weighted by Crippen LogP contribution is -2.51. The summed E-state index contributed by atoms with van der Waals surface area (Å²) in [5.74, 6) is 0.421. The van der Waals surface area contributed by atoms with Gasteiger partial charge in [-0.25, -0.2) is 0 Å². The summed E-state index contributed by atoms with van der Waals surface area (Å²) in [7, 11) is 2.01. The topological polar surface area (TPSA) is 55.8 Å². The summed E-state index contributed by atoms with van der Waals surface area (Å²) in [5, 5.41) is 13.5. The third kappa shape index (κ3) is 6.03. The molecule has 1 aromatic carbocycles. The summed E-state index contributed by atoms with van der Waals surface area (Å²) in [6.45, 7) is 5.82. The highest BCUT2D eigenvalue weighted by Crippen LogP contribution is 2.25. The number of carbonyl (C=O) groups excluding carboxylic acids is 1. The molecule has 5 nitrogen and oxygen atoms in total. The maximum Gasteiger partial charge on any atom is 0.237 e. The van der Waals surface area contributed by atoms with Gasteiger partial charge in [0.2, 0.25) is 5.91 Å². The fourth-order valence-corrected chi connectivity index (χ4v) is 4.53. The maximum absolute atomic E-state index is 12.7. The molecule has 156 valence electrons. The van der Waals surface area contributed by atoms with E-state index in [0.717, 1.165) is 58.3 Å². The molecular weight excluding hydrogens is 350 g/mol. The molecule has 1 aromatic rings. The van der Waals surface area contributed by atoms with Gasteiger partial charge in [0, 0.05) is 32.2 Å². The van der Waals surface area contributed by atoms with Gasteiger partial charge in [0.05, 0.1) is 12.1 Å². The molecule has 2 N–H and O–H groups in total. The van der Waals surface area contributed by atoms with Crippen LogP contribution in [0.5, 0.6) is 0 Å². The standard InChI is InChI=1S/C23H37N3O2/c1-18(25(2)17-20-10-6-7-11-22(20)27)23(28)24-21-12-14-26(15-13-21)16-19-8-4-3-5-9-19/h3-5,8-9,18,20-22,27H,6-7,10-17H2,1-2H3,(H,24,28)/t18-,20+,22-/m1/s1. The van der Waals surface area contributed by atoms with Gasteiger partial charge in [-0.2, -0.15) is 0 Å². The first-order valence-corrected chi connectivity index (χ1v) is 11.0. The van der Waals surface area contributed by atoms with Crippen molar-refractivity contribution in [2.24, 2.45) is 5.92 Å². The van der Waals surface area contributed by atoms with Crippen molar-refractivity contribution in [2.45, 2.75) is 70.2 Å². The Morgan fingerprint density at radius 1 is 1.18 bits per heavy atom. The number of amides is 1. The molecule has 28 heavy (non-hydrogen) atoms. The minimum absolute atomic E-state index is 0.120. The highest BCUT2D eigenvalue weighted by molar-refractivity contribution is 5.81. The van der Waals surface area contributed by atoms with Gasteiger partial charge in [-0.3, -0.25) is 14.6 Å². The van der Waals surface area contributed by atoms with Crippen LogP contribution in [0.4, 0.5) is 0 Å². The van der Waals surface area contributed by atoms with Crippen LogP contribution in [0, 0.1) is 5.92 Å². The fourth-order valence-electron chi connectivity index (χ4n) is 4.53. The van der Waals surface area contributed by atoms with E-state index in [-0.39, 0.29) is 24.1 Å². The van der Waals surface area contributed by atoms with Crippen molar-refractivity contribution in [2.75, 3.05) is 26.7 Å². The van der Waals surface area contributed by atoms with Gasteiger partial charge in [0.1, 0.15) is 0 Å². The van der Waals surface area contributed by atoms with Crippen molar-refractivity contribution in [1.29, 1.82) is 0 Å². The second-order valence-electron chi connectivity index (χ2n) is 8.77. The lowest BCUT2D eigenvalue weighted by Gasteiger charge is -2.35. The van der Waals surface area contributed by atoms with Crippen LogP contribution < -0.4 is 5.32 Å². The predicted octanol–water partition coefficient (Wildman–Crippen LogP) is 2.64. The molecule has 0 radical (unpaired) electrons. The van der Waals surface area contributed by atoms with E-state index >= 15 is 0 Å². The van der Waals surface area contributed by atoms with Crippen molar-refractivity contribution in [1.82, 2.24) is 15.1 Å². The third-order valence-corrected chi connectivity index (χ3v) is 6.62. The second kappa shape index (κ2) is 10.4. The van der Waals surface area contributed by atoms with Crippen LogP contribution in [-0.2, 0) is 11.3 Å². The molecule has 0 spiro atoms. The number of aliphatic hydroxyl groups is 1. The summed E-state index contributed by atoms with van der Waals surface area (Å²) in [6, 6.07) is 10.7. The van der Waals surface area contributed by atoms with Crippen LogP contribution in [0.2, 0.25) is 0 Å². The van der Waals surface area contributed by atoms with Crippen molar-refractivity contribution in [3.63, 3.8) is 0 Å². The number of likely N-dealkylation sites (N-methyl/N-ethyl adjacent to an activating group) is 1. The number of aliphatic hydroxyl groups excluding tert-OH is 1. The summed E-state index contributed by atoms with van der Waals surface area (Å²) < 4.78 is 0. The molecular formula is C23H37N3O2. The molecule has 0 bridgehead atoms. The average Bonchev–Trinajstić information content (AvgIpc) is 2.71. The normalized spacial score (nSPS) is 25.6. The van der Waals surface area contributed by atoms with E-state index in [4.69, 9.17) is 0 Å². The zero-order valence-electron chi connectivity index (χ0n) is 17.5. The van der Waals surface area contributed by atoms with Crippen LogP contribution in [0.3, 0.4) is 0 Å². The molecule has 2 fully saturated rings. The fraction of sp³-hybridized carbons (Fsp3) is 0.696. The molecule has 5 heteroatoms. The number of rotatable bonds is 7. The van der Waals surface area contributed by atoms with Crippen molar-refractivity contribution < 1.29 is 9.90 Å². The molecule has 0 unspecified atom stereocenters. The lowest BCUT2D eigenvalue weighted by molar-refractivity contribution is -0.127. The lowest BCUT2D eigenvalue weighted by atomic mass is 9.86. The van der Waals surface area contributed by atoms with Gasteiger partial charge in [0.25, 0.3) is 0 Å². The van der Waals surface area contributed by atoms with E-state index in [1.54, 1.807) is 0 Å². The molecule has 3 rings (SSSR count). The Morgan fingerprint density at radius 3 is 2.54 bits per heavy atom. The minimum atomic E-state index is -0.208. The van der Waals surface area contributed by atoms with Crippen molar-refractivity contribution in [3.05, 3.63) is 35.9 Å². The van der Waals surface area contributed by atoms with Gasteiger partial charge < -0.3 is 10.4 Å². The minimum Gasteiger partial charge on any atom is -0.393 e. The zero-order chi connectivity index (χ0) is 19.9. The molecule has 1 amide bonds. The highest BCUT2D eigenvalue weighted by Gasteiger charge is 2.29. The first-order chi connectivity index (χ1) is 13.5. The van der Waals surface area contributed by atoms with E-state index in [2.05, 4.69) is 45.4 Å². The Labute approximate surface area is 170 Å². The third-order valence-electron chi connectivity index (χ3n) is 6.62. The van der Waals surface area contributed by atoms with Gasteiger partial charge in [-0.15, -0.1) is 0 Å².